The Labute approximate surface area is 140 Å². The number of benzene rings is 2. The van der Waals surface area contributed by atoms with Crippen LogP contribution in [0.25, 0.3) is 0 Å². The number of rotatable bonds is 4. The summed E-state index contributed by atoms with van der Waals surface area (Å²) in [6.07, 6.45) is 0. The van der Waals surface area contributed by atoms with Crippen LogP contribution in [0.5, 0.6) is 0 Å². The molecular formula is C16H16ClNO4S. The molecule has 0 aliphatic rings. The monoisotopic (exact) mass is 353 g/mol. The van der Waals surface area contributed by atoms with E-state index in [-0.39, 0.29) is 9.92 Å². The van der Waals surface area contributed by atoms with Gasteiger partial charge < -0.3 is 4.74 Å². The van der Waals surface area contributed by atoms with Crippen LogP contribution >= 0.6 is 11.6 Å². The smallest absolute Gasteiger partial charge is 0.337 e. The number of esters is 1. The summed E-state index contributed by atoms with van der Waals surface area (Å²) in [6, 6.07) is 9.28. The minimum absolute atomic E-state index is 0.00112. The van der Waals surface area contributed by atoms with Crippen molar-refractivity contribution in [3.63, 3.8) is 0 Å². The van der Waals surface area contributed by atoms with Crippen molar-refractivity contribution >= 4 is 33.3 Å². The lowest BCUT2D eigenvalue weighted by molar-refractivity contribution is 0.0600. The van der Waals surface area contributed by atoms with E-state index in [4.69, 9.17) is 11.6 Å². The SMILES string of the molecule is COC(=O)c1ccc(NS(=O)(=O)c2ccc(C)cc2Cl)c(C)c1. The highest BCUT2D eigenvalue weighted by atomic mass is 35.5. The van der Waals surface area contributed by atoms with Gasteiger partial charge in [0, 0.05) is 0 Å². The first-order valence-electron chi connectivity index (χ1n) is 6.72. The quantitative estimate of drug-likeness (QED) is 0.853. The lowest BCUT2D eigenvalue weighted by Gasteiger charge is -2.12. The van der Waals surface area contributed by atoms with E-state index in [1.807, 2.05) is 6.92 Å². The van der Waals surface area contributed by atoms with Crippen LogP contribution < -0.4 is 4.72 Å². The second kappa shape index (κ2) is 6.60. The molecule has 0 spiro atoms. The van der Waals surface area contributed by atoms with Gasteiger partial charge in [-0.2, -0.15) is 0 Å². The second-order valence-corrected chi connectivity index (χ2v) is 7.12. The third-order valence-electron chi connectivity index (χ3n) is 3.27. The van der Waals surface area contributed by atoms with Crippen molar-refractivity contribution in [2.75, 3.05) is 11.8 Å². The van der Waals surface area contributed by atoms with Crippen molar-refractivity contribution in [2.45, 2.75) is 18.7 Å². The summed E-state index contributed by atoms with van der Waals surface area (Å²) < 4.78 is 32.1. The van der Waals surface area contributed by atoms with Crippen LogP contribution in [-0.4, -0.2) is 21.5 Å². The number of halogens is 1. The molecule has 2 rings (SSSR count). The van der Waals surface area contributed by atoms with E-state index >= 15 is 0 Å². The average molecular weight is 354 g/mol. The molecule has 2 aromatic rings. The number of ether oxygens (including phenoxy) is 1. The Kier molecular flexibility index (Phi) is 4.97. The first-order chi connectivity index (χ1) is 10.7. The van der Waals surface area contributed by atoms with Crippen LogP contribution in [-0.2, 0) is 14.8 Å². The summed E-state index contributed by atoms with van der Waals surface area (Å²) in [4.78, 5) is 11.5. The van der Waals surface area contributed by atoms with Crippen molar-refractivity contribution < 1.29 is 17.9 Å². The lowest BCUT2D eigenvalue weighted by Crippen LogP contribution is -2.14. The molecule has 0 atom stereocenters. The van der Waals surface area contributed by atoms with Crippen LogP contribution in [0.3, 0.4) is 0 Å². The molecule has 0 aliphatic heterocycles. The average Bonchev–Trinajstić information content (AvgIpc) is 2.47. The van der Waals surface area contributed by atoms with Gasteiger partial charge in [0.15, 0.2) is 0 Å². The minimum Gasteiger partial charge on any atom is -0.465 e. The van der Waals surface area contributed by atoms with Gasteiger partial charge in [-0.1, -0.05) is 17.7 Å². The Hall–Kier alpha value is -2.05. The van der Waals surface area contributed by atoms with Gasteiger partial charge >= 0.3 is 5.97 Å². The molecule has 0 radical (unpaired) electrons. The maximum absolute atomic E-state index is 12.5. The van der Waals surface area contributed by atoms with Crippen LogP contribution in [0.1, 0.15) is 21.5 Å². The summed E-state index contributed by atoms with van der Waals surface area (Å²) in [5.74, 6) is -0.482. The first kappa shape index (κ1) is 17.3. The molecule has 0 saturated carbocycles. The van der Waals surface area contributed by atoms with E-state index in [0.29, 0.717) is 16.8 Å². The maximum Gasteiger partial charge on any atom is 0.337 e. The topological polar surface area (TPSA) is 72.5 Å². The molecule has 0 saturated heterocycles. The number of aryl methyl sites for hydroxylation is 2. The highest BCUT2D eigenvalue weighted by Gasteiger charge is 2.19. The molecule has 23 heavy (non-hydrogen) atoms. The summed E-state index contributed by atoms with van der Waals surface area (Å²) in [5.41, 5.74) is 2.18. The minimum atomic E-state index is -3.82. The third-order valence-corrected chi connectivity index (χ3v) is 5.12. The van der Waals surface area contributed by atoms with E-state index < -0.39 is 16.0 Å². The van der Waals surface area contributed by atoms with E-state index in [1.165, 1.54) is 25.3 Å². The predicted molar refractivity (Wildman–Crippen MR) is 89.5 cm³/mol. The van der Waals surface area contributed by atoms with Gasteiger partial charge in [-0.05, 0) is 55.3 Å². The molecule has 122 valence electrons. The Morgan fingerprint density at radius 1 is 1.13 bits per heavy atom. The van der Waals surface area contributed by atoms with Crippen LogP contribution in [0.15, 0.2) is 41.3 Å². The maximum atomic E-state index is 12.5. The number of hydrogen-bond donors (Lipinski definition) is 1. The summed E-state index contributed by atoms with van der Waals surface area (Å²) >= 11 is 6.03. The molecule has 0 bridgehead atoms. The molecule has 7 heteroatoms. The molecular weight excluding hydrogens is 338 g/mol. The van der Waals surface area contributed by atoms with Gasteiger partial charge in [-0.15, -0.1) is 0 Å². The molecule has 0 fully saturated rings. The lowest BCUT2D eigenvalue weighted by atomic mass is 10.1. The van der Waals surface area contributed by atoms with Gasteiger partial charge in [-0.3, -0.25) is 4.72 Å². The normalized spacial score (nSPS) is 11.1. The van der Waals surface area contributed by atoms with Gasteiger partial charge in [0.2, 0.25) is 0 Å². The zero-order valence-corrected chi connectivity index (χ0v) is 14.5. The Morgan fingerprint density at radius 3 is 2.39 bits per heavy atom. The summed E-state index contributed by atoms with van der Waals surface area (Å²) in [5, 5.41) is 0.154. The van der Waals surface area contributed by atoms with Crippen LogP contribution in [0.2, 0.25) is 5.02 Å². The molecule has 5 nitrogen and oxygen atoms in total. The fourth-order valence-corrected chi connectivity index (χ4v) is 3.78. The highest BCUT2D eigenvalue weighted by Crippen LogP contribution is 2.26. The number of carbonyl (C=O) groups excluding carboxylic acids is 1. The predicted octanol–water partition coefficient (Wildman–Crippen LogP) is 3.54. The van der Waals surface area contributed by atoms with E-state index in [2.05, 4.69) is 9.46 Å². The van der Waals surface area contributed by atoms with Crippen LogP contribution in [0.4, 0.5) is 5.69 Å². The molecule has 0 amide bonds. The first-order valence-corrected chi connectivity index (χ1v) is 8.58. The molecule has 1 N–H and O–H groups in total. The molecule has 0 unspecified atom stereocenters. The standard InChI is InChI=1S/C16H16ClNO4S/c1-10-4-7-15(13(17)8-10)23(20,21)18-14-6-5-12(9-11(14)2)16(19)22-3/h4-9,18H,1-3H3. The van der Waals surface area contributed by atoms with Crippen molar-refractivity contribution in [2.24, 2.45) is 0 Å². The summed E-state index contributed by atoms with van der Waals surface area (Å²) in [6.45, 7) is 3.52. The summed E-state index contributed by atoms with van der Waals surface area (Å²) in [7, 11) is -2.53. The molecule has 0 aromatic heterocycles. The largest absolute Gasteiger partial charge is 0.465 e. The zero-order chi connectivity index (χ0) is 17.2. The van der Waals surface area contributed by atoms with Gasteiger partial charge in [0.1, 0.15) is 4.90 Å². The Bertz CT molecular complexity index is 862. The van der Waals surface area contributed by atoms with Crippen molar-refractivity contribution in [3.05, 3.63) is 58.1 Å². The second-order valence-electron chi connectivity index (χ2n) is 5.06. The Morgan fingerprint density at radius 2 is 1.83 bits per heavy atom. The van der Waals surface area contributed by atoms with Gasteiger partial charge in [0.25, 0.3) is 10.0 Å². The number of sulfonamides is 1. The van der Waals surface area contributed by atoms with E-state index in [0.717, 1.165) is 5.56 Å². The van der Waals surface area contributed by atoms with Crippen molar-refractivity contribution in [3.8, 4) is 0 Å². The van der Waals surface area contributed by atoms with Gasteiger partial charge in [0.05, 0.1) is 23.4 Å². The number of methoxy groups -OCH3 is 1. The van der Waals surface area contributed by atoms with E-state index in [1.54, 1.807) is 25.1 Å². The number of carbonyl (C=O) groups is 1. The van der Waals surface area contributed by atoms with Crippen molar-refractivity contribution in [1.82, 2.24) is 0 Å². The fraction of sp³-hybridized carbons (Fsp3) is 0.188. The highest BCUT2D eigenvalue weighted by molar-refractivity contribution is 7.92. The number of anilines is 1. The number of hydrogen-bond acceptors (Lipinski definition) is 4. The van der Waals surface area contributed by atoms with Crippen LogP contribution in [0, 0.1) is 13.8 Å². The molecule has 0 heterocycles. The van der Waals surface area contributed by atoms with Gasteiger partial charge in [-0.25, -0.2) is 13.2 Å². The molecule has 2 aromatic carbocycles. The zero-order valence-electron chi connectivity index (χ0n) is 12.9. The van der Waals surface area contributed by atoms with E-state index in [9.17, 15) is 13.2 Å². The molecule has 0 aliphatic carbocycles. The fourth-order valence-electron chi connectivity index (χ4n) is 2.05. The Balaban J connectivity index is 2.36. The number of nitrogens with one attached hydrogen (secondary N) is 1. The van der Waals surface area contributed by atoms with Crippen molar-refractivity contribution in [1.29, 1.82) is 0 Å². The third kappa shape index (κ3) is 3.83.